The van der Waals surface area contributed by atoms with Gasteiger partial charge in [0.25, 0.3) is 0 Å². The Kier molecular flexibility index (Phi) is 7.96. The molecule has 96 valence electrons. The standard InChI is InChI=1S/C10H13NO2.C2H8N2/c1-11-9(10(12)13)7-8-5-3-2-4-6-8;1-4(2)3/h2-6,9,11H,7H2,1H3,(H,12,13);3H2,1-2H3/t9-;/m1./s1. The van der Waals surface area contributed by atoms with Gasteiger partial charge < -0.3 is 10.4 Å². The van der Waals surface area contributed by atoms with Crippen molar-refractivity contribution in [3.63, 3.8) is 0 Å². The van der Waals surface area contributed by atoms with Gasteiger partial charge in [-0.05, 0) is 19.0 Å². The van der Waals surface area contributed by atoms with Crippen LogP contribution in [-0.4, -0.2) is 43.3 Å². The number of carboxylic acids is 1. The van der Waals surface area contributed by atoms with E-state index in [0.29, 0.717) is 6.42 Å². The third-order valence-corrected chi connectivity index (χ3v) is 1.93. The molecule has 1 atom stereocenters. The Labute approximate surface area is 102 Å². The summed E-state index contributed by atoms with van der Waals surface area (Å²) in [6.45, 7) is 0. The van der Waals surface area contributed by atoms with E-state index in [1.807, 2.05) is 30.3 Å². The Morgan fingerprint density at radius 1 is 1.41 bits per heavy atom. The van der Waals surface area contributed by atoms with Gasteiger partial charge in [0.1, 0.15) is 6.04 Å². The van der Waals surface area contributed by atoms with Crippen molar-refractivity contribution in [1.82, 2.24) is 10.3 Å². The fourth-order valence-electron chi connectivity index (χ4n) is 1.16. The van der Waals surface area contributed by atoms with Crippen LogP contribution < -0.4 is 11.2 Å². The Balaban J connectivity index is 0.000000557. The second-order valence-electron chi connectivity index (χ2n) is 3.83. The molecule has 0 amide bonds. The van der Waals surface area contributed by atoms with E-state index in [2.05, 4.69) is 5.32 Å². The van der Waals surface area contributed by atoms with E-state index in [9.17, 15) is 4.79 Å². The van der Waals surface area contributed by atoms with E-state index in [1.54, 1.807) is 21.1 Å². The number of nitrogens with zero attached hydrogens (tertiary/aromatic N) is 1. The van der Waals surface area contributed by atoms with Gasteiger partial charge in [0.2, 0.25) is 0 Å². The Bertz CT molecular complexity index is 312. The number of hydrazine groups is 1. The molecule has 0 spiro atoms. The minimum atomic E-state index is -0.814. The van der Waals surface area contributed by atoms with E-state index in [4.69, 9.17) is 10.9 Å². The lowest BCUT2D eigenvalue weighted by molar-refractivity contribution is -0.139. The number of likely N-dealkylation sites (N-methyl/N-ethyl adjacent to an activating group) is 1. The van der Waals surface area contributed by atoms with Crippen LogP contribution in [0.5, 0.6) is 0 Å². The van der Waals surface area contributed by atoms with E-state index < -0.39 is 12.0 Å². The maximum absolute atomic E-state index is 10.7. The zero-order chi connectivity index (χ0) is 13.3. The molecule has 0 unspecified atom stereocenters. The van der Waals surface area contributed by atoms with Gasteiger partial charge in [-0.3, -0.25) is 15.6 Å². The molecule has 4 N–H and O–H groups in total. The largest absolute Gasteiger partial charge is 0.480 e. The van der Waals surface area contributed by atoms with Crippen LogP contribution in [0.4, 0.5) is 0 Å². The summed E-state index contributed by atoms with van der Waals surface area (Å²) in [7, 11) is 5.21. The highest BCUT2D eigenvalue weighted by molar-refractivity contribution is 5.73. The number of rotatable bonds is 4. The molecule has 0 saturated carbocycles. The van der Waals surface area contributed by atoms with Gasteiger partial charge in [-0.2, -0.15) is 0 Å². The van der Waals surface area contributed by atoms with Crippen molar-refractivity contribution in [3.05, 3.63) is 35.9 Å². The molecule has 0 heterocycles. The Hall–Kier alpha value is -1.43. The molecular formula is C12H21N3O2. The van der Waals surface area contributed by atoms with Crippen molar-refractivity contribution in [3.8, 4) is 0 Å². The Morgan fingerprint density at radius 2 is 1.88 bits per heavy atom. The summed E-state index contributed by atoms with van der Waals surface area (Å²) in [6, 6.07) is 9.08. The van der Waals surface area contributed by atoms with Crippen molar-refractivity contribution >= 4 is 5.97 Å². The summed E-state index contributed by atoms with van der Waals surface area (Å²) in [5, 5.41) is 13.0. The molecule has 0 bridgehead atoms. The maximum Gasteiger partial charge on any atom is 0.321 e. The van der Waals surface area contributed by atoms with Crippen molar-refractivity contribution in [2.75, 3.05) is 21.1 Å². The predicted molar refractivity (Wildman–Crippen MR) is 68.5 cm³/mol. The fraction of sp³-hybridized carbons (Fsp3) is 0.417. The van der Waals surface area contributed by atoms with Gasteiger partial charge in [-0.25, -0.2) is 0 Å². The highest BCUT2D eigenvalue weighted by Crippen LogP contribution is 2.02. The van der Waals surface area contributed by atoms with Gasteiger partial charge in [0.15, 0.2) is 0 Å². The molecule has 0 radical (unpaired) electrons. The maximum atomic E-state index is 10.7. The number of benzene rings is 1. The third-order valence-electron chi connectivity index (χ3n) is 1.93. The topological polar surface area (TPSA) is 78.6 Å². The minimum Gasteiger partial charge on any atom is -0.480 e. The fourth-order valence-corrected chi connectivity index (χ4v) is 1.16. The first-order valence-corrected chi connectivity index (χ1v) is 5.33. The lowest BCUT2D eigenvalue weighted by Crippen LogP contribution is -2.35. The molecule has 0 fully saturated rings. The highest BCUT2D eigenvalue weighted by atomic mass is 16.4. The first-order valence-electron chi connectivity index (χ1n) is 5.33. The van der Waals surface area contributed by atoms with Crippen molar-refractivity contribution < 1.29 is 9.90 Å². The smallest absolute Gasteiger partial charge is 0.321 e. The summed E-state index contributed by atoms with van der Waals surface area (Å²) in [4.78, 5) is 10.7. The number of carboxylic acid groups (broad SMARTS) is 1. The van der Waals surface area contributed by atoms with Crippen LogP contribution in [0.25, 0.3) is 0 Å². The van der Waals surface area contributed by atoms with Crippen LogP contribution >= 0.6 is 0 Å². The van der Waals surface area contributed by atoms with Gasteiger partial charge in [0.05, 0.1) is 0 Å². The summed E-state index contributed by atoms with van der Waals surface area (Å²) in [5.41, 5.74) is 1.03. The van der Waals surface area contributed by atoms with Crippen LogP contribution in [0.3, 0.4) is 0 Å². The van der Waals surface area contributed by atoms with E-state index in [1.165, 1.54) is 5.01 Å². The van der Waals surface area contributed by atoms with E-state index in [-0.39, 0.29) is 0 Å². The molecule has 17 heavy (non-hydrogen) atoms. The normalized spacial score (nSPS) is 11.6. The van der Waals surface area contributed by atoms with Crippen molar-refractivity contribution in [1.29, 1.82) is 0 Å². The molecule has 1 rings (SSSR count). The van der Waals surface area contributed by atoms with E-state index >= 15 is 0 Å². The molecule has 0 aliphatic rings. The monoisotopic (exact) mass is 239 g/mol. The SMILES string of the molecule is CN(C)N.CN[C@H](Cc1ccccc1)C(=O)O. The van der Waals surface area contributed by atoms with Crippen LogP contribution in [0.15, 0.2) is 30.3 Å². The summed E-state index contributed by atoms with van der Waals surface area (Å²) < 4.78 is 0. The van der Waals surface area contributed by atoms with Crippen LogP contribution in [0, 0.1) is 0 Å². The number of nitrogens with two attached hydrogens (primary N) is 1. The van der Waals surface area contributed by atoms with Gasteiger partial charge in [-0.15, -0.1) is 0 Å². The average molecular weight is 239 g/mol. The quantitative estimate of drug-likeness (QED) is 0.521. The van der Waals surface area contributed by atoms with Gasteiger partial charge in [0, 0.05) is 14.1 Å². The second-order valence-corrected chi connectivity index (χ2v) is 3.83. The zero-order valence-corrected chi connectivity index (χ0v) is 10.6. The molecule has 0 aliphatic carbocycles. The van der Waals surface area contributed by atoms with E-state index in [0.717, 1.165) is 5.56 Å². The van der Waals surface area contributed by atoms with Gasteiger partial charge >= 0.3 is 5.97 Å². The summed E-state index contributed by atoms with van der Waals surface area (Å²) >= 11 is 0. The second kappa shape index (κ2) is 8.69. The predicted octanol–water partition coefficient (Wildman–Crippen LogP) is 0.323. The number of hydrogen-bond acceptors (Lipinski definition) is 4. The first-order chi connectivity index (χ1) is 7.97. The Morgan fingerprint density at radius 3 is 2.24 bits per heavy atom. The summed E-state index contributed by atoms with van der Waals surface area (Å²) in [5.74, 6) is 4.13. The number of carbonyl (C=O) groups is 1. The lowest BCUT2D eigenvalue weighted by atomic mass is 10.1. The van der Waals surface area contributed by atoms with Crippen molar-refractivity contribution in [2.24, 2.45) is 5.84 Å². The molecule has 1 aromatic carbocycles. The zero-order valence-electron chi connectivity index (χ0n) is 10.6. The highest BCUT2D eigenvalue weighted by Gasteiger charge is 2.14. The first kappa shape index (κ1) is 15.6. The molecule has 5 heteroatoms. The van der Waals surface area contributed by atoms with Crippen molar-refractivity contribution in [2.45, 2.75) is 12.5 Å². The lowest BCUT2D eigenvalue weighted by Gasteiger charge is -2.10. The number of nitrogens with one attached hydrogen (secondary N) is 1. The molecule has 0 aromatic heterocycles. The number of aliphatic carboxylic acids is 1. The van der Waals surface area contributed by atoms with Crippen LogP contribution in [-0.2, 0) is 11.2 Å². The third kappa shape index (κ3) is 8.38. The average Bonchev–Trinajstić information content (AvgIpc) is 2.26. The minimum absolute atomic E-state index is 0.498. The molecular weight excluding hydrogens is 218 g/mol. The molecule has 0 saturated heterocycles. The van der Waals surface area contributed by atoms with Crippen LogP contribution in [0.1, 0.15) is 5.56 Å². The molecule has 5 nitrogen and oxygen atoms in total. The molecule has 1 aromatic rings. The summed E-state index contributed by atoms with van der Waals surface area (Å²) in [6.07, 6.45) is 0.521. The van der Waals surface area contributed by atoms with Crippen LogP contribution in [0.2, 0.25) is 0 Å². The number of hydrogen-bond donors (Lipinski definition) is 3. The molecule has 0 aliphatic heterocycles. The van der Waals surface area contributed by atoms with Gasteiger partial charge in [-0.1, -0.05) is 30.3 Å².